The van der Waals surface area contributed by atoms with Gasteiger partial charge in [-0.3, -0.25) is 4.79 Å². The lowest BCUT2D eigenvalue weighted by Gasteiger charge is -2.24. The van der Waals surface area contributed by atoms with Gasteiger partial charge in [-0.1, -0.05) is 0 Å². The van der Waals surface area contributed by atoms with E-state index in [0.29, 0.717) is 18.3 Å². The number of ketones is 1. The van der Waals surface area contributed by atoms with Crippen LogP contribution in [0.2, 0.25) is 0 Å². The van der Waals surface area contributed by atoms with Gasteiger partial charge in [0.2, 0.25) is 5.89 Å². The maximum atomic E-state index is 11.6. The molecule has 0 amide bonds. The third-order valence-corrected chi connectivity index (χ3v) is 3.67. The first-order chi connectivity index (χ1) is 8.34. The summed E-state index contributed by atoms with van der Waals surface area (Å²) in [5.74, 6) is 1.30. The van der Waals surface area contributed by atoms with Gasteiger partial charge in [0, 0.05) is 19.5 Å². The van der Waals surface area contributed by atoms with Crippen LogP contribution in [0.15, 0.2) is 4.52 Å². The Hall–Kier alpha value is -1.39. The van der Waals surface area contributed by atoms with Crippen molar-refractivity contribution in [1.29, 1.82) is 0 Å². The van der Waals surface area contributed by atoms with Crippen molar-refractivity contribution in [3.63, 3.8) is 0 Å². The maximum absolute atomic E-state index is 11.6. The summed E-state index contributed by atoms with van der Waals surface area (Å²) in [7, 11) is 0. The average Bonchev–Trinajstić information content (AvgIpc) is 2.98. The zero-order valence-electron chi connectivity index (χ0n) is 9.89. The topological polar surface area (TPSA) is 59.2 Å². The number of piperidine rings is 1. The van der Waals surface area contributed by atoms with Crippen LogP contribution in [0, 0.1) is 0 Å². The Morgan fingerprint density at radius 1 is 1.18 bits per heavy atom. The van der Waals surface area contributed by atoms with E-state index in [4.69, 9.17) is 4.52 Å². The fourth-order valence-electron chi connectivity index (χ4n) is 2.67. The first-order valence-electron chi connectivity index (χ1n) is 6.46. The zero-order valence-corrected chi connectivity index (χ0v) is 9.89. The zero-order chi connectivity index (χ0) is 11.7. The molecule has 0 aromatic carbocycles. The van der Waals surface area contributed by atoms with E-state index < -0.39 is 0 Å². The molecule has 1 saturated heterocycles. The number of aromatic nitrogens is 2. The predicted octanol–water partition coefficient (Wildman–Crippen LogP) is 1.90. The molecule has 1 aromatic rings. The lowest BCUT2D eigenvalue weighted by atomic mass is 10.1. The standard InChI is InChI=1S/C12H17N3O2/c16-10-6-4-5-9(10)11-13-12(14-17-11)15-7-2-1-3-8-15/h9H,1-8H2. The third-order valence-electron chi connectivity index (χ3n) is 3.67. The van der Waals surface area contributed by atoms with Crippen LogP contribution in [-0.4, -0.2) is 29.0 Å². The minimum absolute atomic E-state index is 0.138. The molecule has 0 spiro atoms. The van der Waals surface area contributed by atoms with Crippen LogP contribution in [0.5, 0.6) is 0 Å². The molecule has 0 bridgehead atoms. The summed E-state index contributed by atoms with van der Waals surface area (Å²) < 4.78 is 5.25. The van der Waals surface area contributed by atoms with Crippen molar-refractivity contribution in [2.24, 2.45) is 0 Å². The molecule has 2 fully saturated rings. The normalized spacial score (nSPS) is 25.5. The van der Waals surface area contributed by atoms with Crippen LogP contribution >= 0.6 is 0 Å². The number of nitrogens with zero attached hydrogens (tertiary/aromatic N) is 3. The van der Waals surface area contributed by atoms with Gasteiger partial charge in [0.25, 0.3) is 5.95 Å². The average molecular weight is 235 g/mol. The molecule has 0 radical (unpaired) electrons. The second kappa shape index (κ2) is 4.47. The molecule has 1 aliphatic carbocycles. The minimum atomic E-state index is -0.138. The number of Topliss-reactive ketones (excluding diaryl/α,β-unsaturated/α-hetero) is 1. The second-order valence-electron chi connectivity index (χ2n) is 4.89. The van der Waals surface area contributed by atoms with Crippen molar-refractivity contribution in [3.05, 3.63) is 5.89 Å². The van der Waals surface area contributed by atoms with Gasteiger partial charge in [-0.15, -0.1) is 0 Å². The van der Waals surface area contributed by atoms with Crippen molar-refractivity contribution in [2.45, 2.75) is 44.4 Å². The van der Waals surface area contributed by atoms with E-state index in [1.807, 2.05) is 0 Å². The molecule has 2 heterocycles. The van der Waals surface area contributed by atoms with Gasteiger partial charge in [-0.05, 0) is 37.3 Å². The van der Waals surface area contributed by atoms with Gasteiger partial charge >= 0.3 is 0 Å². The summed E-state index contributed by atoms with van der Waals surface area (Å²) >= 11 is 0. The SMILES string of the molecule is O=C1CCCC1c1nc(N2CCCCC2)no1. The summed E-state index contributed by atoms with van der Waals surface area (Å²) in [6.07, 6.45) is 6.12. The van der Waals surface area contributed by atoms with E-state index >= 15 is 0 Å². The van der Waals surface area contributed by atoms with Crippen LogP contribution in [-0.2, 0) is 4.79 Å². The lowest BCUT2D eigenvalue weighted by molar-refractivity contribution is -0.119. The summed E-state index contributed by atoms with van der Waals surface area (Å²) in [6.45, 7) is 2.00. The molecule has 1 atom stereocenters. The number of carbonyl (C=O) groups is 1. The second-order valence-corrected chi connectivity index (χ2v) is 4.89. The fraction of sp³-hybridized carbons (Fsp3) is 0.750. The van der Waals surface area contributed by atoms with Gasteiger partial charge in [0.1, 0.15) is 5.78 Å². The van der Waals surface area contributed by atoms with Gasteiger partial charge in [-0.25, -0.2) is 0 Å². The Kier molecular flexibility index (Phi) is 2.82. The van der Waals surface area contributed by atoms with Crippen molar-refractivity contribution in [3.8, 4) is 0 Å². The number of rotatable bonds is 2. The number of hydrogen-bond donors (Lipinski definition) is 0. The third kappa shape index (κ3) is 2.06. The van der Waals surface area contributed by atoms with Crippen molar-refractivity contribution < 1.29 is 9.32 Å². The van der Waals surface area contributed by atoms with Crippen LogP contribution in [0.3, 0.4) is 0 Å². The molecular weight excluding hydrogens is 218 g/mol. The summed E-state index contributed by atoms with van der Waals surface area (Å²) in [6, 6.07) is 0. The fourth-order valence-corrected chi connectivity index (χ4v) is 2.67. The molecule has 1 aromatic heterocycles. The van der Waals surface area contributed by atoms with E-state index in [1.54, 1.807) is 0 Å². The number of hydrogen-bond acceptors (Lipinski definition) is 5. The minimum Gasteiger partial charge on any atom is -0.338 e. The monoisotopic (exact) mass is 235 g/mol. The largest absolute Gasteiger partial charge is 0.338 e. The van der Waals surface area contributed by atoms with Crippen molar-refractivity contribution >= 4 is 11.7 Å². The summed E-state index contributed by atoms with van der Waals surface area (Å²) in [4.78, 5) is 18.2. The Morgan fingerprint density at radius 3 is 2.71 bits per heavy atom. The predicted molar refractivity (Wildman–Crippen MR) is 62.0 cm³/mol. The van der Waals surface area contributed by atoms with E-state index in [0.717, 1.165) is 25.9 Å². The van der Waals surface area contributed by atoms with Crippen LogP contribution in [0.25, 0.3) is 0 Å². The van der Waals surface area contributed by atoms with E-state index in [-0.39, 0.29) is 11.7 Å². The van der Waals surface area contributed by atoms with Gasteiger partial charge in [-0.2, -0.15) is 4.98 Å². The van der Waals surface area contributed by atoms with Crippen LogP contribution in [0.1, 0.15) is 50.3 Å². The Labute approximate surface area is 100 Å². The smallest absolute Gasteiger partial charge is 0.266 e. The van der Waals surface area contributed by atoms with Gasteiger partial charge in [0.05, 0.1) is 5.92 Å². The van der Waals surface area contributed by atoms with E-state index in [2.05, 4.69) is 15.0 Å². The Balaban J connectivity index is 1.75. The Bertz CT molecular complexity index is 410. The van der Waals surface area contributed by atoms with Crippen molar-refractivity contribution in [1.82, 2.24) is 10.1 Å². The highest BCUT2D eigenvalue weighted by Gasteiger charge is 2.31. The lowest BCUT2D eigenvalue weighted by Crippen LogP contribution is -2.30. The molecule has 5 heteroatoms. The molecule has 17 heavy (non-hydrogen) atoms. The molecule has 1 unspecified atom stereocenters. The first kappa shape index (κ1) is 10.7. The van der Waals surface area contributed by atoms with Crippen molar-refractivity contribution in [2.75, 3.05) is 18.0 Å². The van der Waals surface area contributed by atoms with Crippen LogP contribution < -0.4 is 4.90 Å². The first-order valence-corrected chi connectivity index (χ1v) is 6.46. The van der Waals surface area contributed by atoms with E-state index in [1.165, 1.54) is 19.3 Å². The highest BCUT2D eigenvalue weighted by molar-refractivity contribution is 5.86. The van der Waals surface area contributed by atoms with Crippen LogP contribution in [0.4, 0.5) is 5.95 Å². The highest BCUT2D eigenvalue weighted by Crippen LogP contribution is 2.31. The number of carbonyl (C=O) groups excluding carboxylic acids is 1. The maximum Gasteiger partial charge on any atom is 0.266 e. The van der Waals surface area contributed by atoms with Gasteiger partial charge in [0.15, 0.2) is 0 Å². The quantitative estimate of drug-likeness (QED) is 0.783. The molecule has 1 aliphatic heterocycles. The highest BCUT2D eigenvalue weighted by atomic mass is 16.5. The number of anilines is 1. The summed E-state index contributed by atoms with van der Waals surface area (Å²) in [5, 5.41) is 4.01. The van der Waals surface area contributed by atoms with Gasteiger partial charge < -0.3 is 9.42 Å². The van der Waals surface area contributed by atoms with E-state index in [9.17, 15) is 4.79 Å². The molecule has 2 aliphatic rings. The molecule has 5 nitrogen and oxygen atoms in total. The molecule has 92 valence electrons. The summed E-state index contributed by atoms with van der Waals surface area (Å²) in [5.41, 5.74) is 0. The molecule has 0 N–H and O–H groups in total. The molecule has 1 saturated carbocycles. The Morgan fingerprint density at radius 2 is 2.00 bits per heavy atom. The molecule has 3 rings (SSSR count). The molecular formula is C12H17N3O2.